The molecule has 15 heavy (non-hydrogen) atoms. The molecule has 1 aromatic carbocycles. The lowest BCUT2D eigenvalue weighted by Gasteiger charge is -2.20. The molecule has 0 bridgehead atoms. The average molecular weight is 229 g/mol. The smallest absolute Gasteiger partial charge is 0.138 e. The standard InChI is InChI=1S/C11H16FNOS/c1-3-11(2,14)7-15-10-5-4-8(13)6-9(10)12/h4-6,14H,3,7,13H2,1-2H3. The molecule has 0 saturated heterocycles. The van der Waals surface area contributed by atoms with E-state index in [0.29, 0.717) is 22.8 Å². The minimum atomic E-state index is -0.751. The number of thioether (sulfide) groups is 1. The molecule has 0 aromatic heterocycles. The number of rotatable bonds is 4. The van der Waals surface area contributed by atoms with Gasteiger partial charge >= 0.3 is 0 Å². The number of hydrogen-bond donors (Lipinski definition) is 2. The van der Waals surface area contributed by atoms with E-state index in [1.165, 1.54) is 17.8 Å². The van der Waals surface area contributed by atoms with Gasteiger partial charge in [-0.05, 0) is 31.5 Å². The first kappa shape index (κ1) is 12.3. The minimum Gasteiger partial charge on any atom is -0.399 e. The first-order chi connectivity index (χ1) is 6.94. The molecule has 0 aliphatic heterocycles. The lowest BCUT2D eigenvalue weighted by Crippen LogP contribution is -2.25. The topological polar surface area (TPSA) is 46.2 Å². The molecule has 4 heteroatoms. The number of benzene rings is 1. The van der Waals surface area contributed by atoms with Gasteiger partial charge in [0.05, 0.1) is 5.60 Å². The Labute approximate surface area is 93.7 Å². The minimum absolute atomic E-state index is 0.327. The van der Waals surface area contributed by atoms with E-state index in [2.05, 4.69) is 0 Å². The molecule has 3 N–H and O–H groups in total. The highest BCUT2D eigenvalue weighted by Gasteiger charge is 2.18. The van der Waals surface area contributed by atoms with Crippen LogP contribution in [0.15, 0.2) is 23.1 Å². The Morgan fingerprint density at radius 2 is 2.20 bits per heavy atom. The van der Waals surface area contributed by atoms with Crippen LogP contribution >= 0.6 is 11.8 Å². The van der Waals surface area contributed by atoms with Crippen molar-refractivity contribution < 1.29 is 9.50 Å². The summed E-state index contributed by atoms with van der Waals surface area (Å²) in [5.41, 5.74) is 5.10. The SMILES string of the molecule is CCC(C)(O)CSc1ccc(N)cc1F. The predicted octanol–water partition coefficient (Wildman–Crippen LogP) is 2.66. The van der Waals surface area contributed by atoms with E-state index in [4.69, 9.17) is 5.73 Å². The normalized spacial score (nSPS) is 14.9. The largest absolute Gasteiger partial charge is 0.399 e. The van der Waals surface area contributed by atoms with Crippen LogP contribution in [0.3, 0.4) is 0 Å². The molecule has 0 saturated carbocycles. The molecule has 0 spiro atoms. The maximum absolute atomic E-state index is 13.3. The number of nitrogen functional groups attached to an aromatic ring is 1. The summed E-state index contributed by atoms with van der Waals surface area (Å²) in [7, 11) is 0. The molecule has 0 radical (unpaired) electrons. The molecule has 0 aliphatic rings. The van der Waals surface area contributed by atoms with Gasteiger partial charge < -0.3 is 10.8 Å². The monoisotopic (exact) mass is 229 g/mol. The number of halogens is 1. The van der Waals surface area contributed by atoms with Gasteiger partial charge in [-0.3, -0.25) is 0 Å². The maximum atomic E-state index is 13.3. The van der Waals surface area contributed by atoms with Gasteiger partial charge in [0.2, 0.25) is 0 Å². The van der Waals surface area contributed by atoms with Crippen molar-refractivity contribution in [1.82, 2.24) is 0 Å². The molecule has 1 atom stereocenters. The molecular formula is C11H16FNOS. The van der Waals surface area contributed by atoms with Gasteiger partial charge in [-0.25, -0.2) is 4.39 Å². The van der Waals surface area contributed by atoms with E-state index in [9.17, 15) is 9.50 Å². The fourth-order valence-electron chi connectivity index (χ4n) is 0.969. The number of hydrogen-bond acceptors (Lipinski definition) is 3. The van der Waals surface area contributed by atoms with Crippen LogP contribution in [0.2, 0.25) is 0 Å². The molecule has 1 unspecified atom stereocenters. The second-order valence-corrected chi connectivity index (χ2v) is 4.85. The van der Waals surface area contributed by atoms with Crippen LogP contribution in [-0.2, 0) is 0 Å². The second kappa shape index (κ2) is 4.86. The highest BCUT2D eigenvalue weighted by molar-refractivity contribution is 7.99. The zero-order chi connectivity index (χ0) is 11.5. The van der Waals surface area contributed by atoms with Gasteiger partial charge in [0.25, 0.3) is 0 Å². The van der Waals surface area contributed by atoms with Crippen LogP contribution in [0.5, 0.6) is 0 Å². The van der Waals surface area contributed by atoms with Crippen molar-refractivity contribution in [2.24, 2.45) is 0 Å². The van der Waals surface area contributed by atoms with Gasteiger partial charge in [0.1, 0.15) is 5.82 Å². The van der Waals surface area contributed by atoms with Crippen molar-refractivity contribution in [3.63, 3.8) is 0 Å². The van der Waals surface area contributed by atoms with Crippen molar-refractivity contribution in [1.29, 1.82) is 0 Å². The van der Waals surface area contributed by atoms with E-state index in [-0.39, 0.29) is 5.82 Å². The Kier molecular flexibility index (Phi) is 3.99. The first-order valence-electron chi connectivity index (χ1n) is 4.85. The fraction of sp³-hybridized carbons (Fsp3) is 0.455. The summed E-state index contributed by atoms with van der Waals surface area (Å²) in [6.07, 6.45) is 0.649. The van der Waals surface area contributed by atoms with Crippen molar-refractivity contribution in [3.8, 4) is 0 Å². The van der Waals surface area contributed by atoms with Crippen LogP contribution < -0.4 is 5.73 Å². The van der Waals surface area contributed by atoms with Gasteiger partial charge in [0, 0.05) is 16.3 Å². The summed E-state index contributed by atoms with van der Waals surface area (Å²) in [4.78, 5) is 0.526. The fourth-order valence-corrected chi connectivity index (χ4v) is 2.00. The molecule has 1 rings (SSSR count). The number of aliphatic hydroxyl groups is 1. The zero-order valence-electron chi connectivity index (χ0n) is 8.96. The maximum Gasteiger partial charge on any atom is 0.138 e. The first-order valence-corrected chi connectivity index (χ1v) is 5.83. The Bertz CT molecular complexity index is 341. The molecule has 0 aliphatic carbocycles. The quantitative estimate of drug-likeness (QED) is 0.616. The van der Waals surface area contributed by atoms with Crippen molar-refractivity contribution in [2.75, 3.05) is 11.5 Å². The van der Waals surface area contributed by atoms with Crippen molar-refractivity contribution >= 4 is 17.4 Å². The molecule has 84 valence electrons. The second-order valence-electron chi connectivity index (χ2n) is 3.83. The molecule has 1 aromatic rings. The Morgan fingerprint density at radius 1 is 1.53 bits per heavy atom. The van der Waals surface area contributed by atoms with Crippen LogP contribution in [0.4, 0.5) is 10.1 Å². The van der Waals surface area contributed by atoms with E-state index in [1.54, 1.807) is 19.1 Å². The highest BCUT2D eigenvalue weighted by Crippen LogP contribution is 2.27. The zero-order valence-corrected chi connectivity index (χ0v) is 9.77. The van der Waals surface area contributed by atoms with E-state index in [1.807, 2.05) is 6.92 Å². The molecule has 0 amide bonds. The van der Waals surface area contributed by atoms with Gasteiger partial charge in [-0.1, -0.05) is 6.92 Å². The third-order valence-corrected chi connectivity index (χ3v) is 3.66. The van der Waals surface area contributed by atoms with Crippen LogP contribution in [-0.4, -0.2) is 16.5 Å². The van der Waals surface area contributed by atoms with Crippen LogP contribution in [0.1, 0.15) is 20.3 Å². The van der Waals surface area contributed by atoms with Crippen molar-refractivity contribution in [2.45, 2.75) is 30.8 Å². The average Bonchev–Trinajstić information content (AvgIpc) is 2.16. The Morgan fingerprint density at radius 3 is 2.73 bits per heavy atom. The molecule has 2 nitrogen and oxygen atoms in total. The number of nitrogens with two attached hydrogens (primary N) is 1. The highest BCUT2D eigenvalue weighted by atomic mass is 32.2. The lowest BCUT2D eigenvalue weighted by molar-refractivity contribution is 0.0816. The summed E-state index contributed by atoms with van der Waals surface area (Å²) < 4.78 is 13.3. The molecular weight excluding hydrogens is 213 g/mol. The number of anilines is 1. The van der Waals surface area contributed by atoms with Crippen LogP contribution in [0.25, 0.3) is 0 Å². The summed E-state index contributed by atoms with van der Waals surface area (Å²) in [6, 6.07) is 4.59. The predicted molar refractivity (Wildman–Crippen MR) is 62.5 cm³/mol. The summed E-state index contributed by atoms with van der Waals surface area (Å²) in [6.45, 7) is 3.65. The lowest BCUT2D eigenvalue weighted by atomic mass is 10.1. The van der Waals surface area contributed by atoms with Crippen LogP contribution in [0, 0.1) is 5.82 Å². The van der Waals surface area contributed by atoms with E-state index in [0.717, 1.165) is 0 Å². The third kappa shape index (κ3) is 3.72. The van der Waals surface area contributed by atoms with Gasteiger partial charge in [0.15, 0.2) is 0 Å². The van der Waals surface area contributed by atoms with E-state index < -0.39 is 5.60 Å². The molecule has 0 heterocycles. The van der Waals surface area contributed by atoms with Crippen molar-refractivity contribution in [3.05, 3.63) is 24.0 Å². The third-order valence-electron chi connectivity index (χ3n) is 2.26. The Balaban J connectivity index is 2.66. The molecule has 0 fully saturated rings. The summed E-state index contributed by atoms with van der Waals surface area (Å²) in [5, 5.41) is 9.76. The van der Waals surface area contributed by atoms with E-state index >= 15 is 0 Å². The summed E-state index contributed by atoms with van der Waals surface area (Å²) in [5.74, 6) is 0.150. The van der Waals surface area contributed by atoms with Gasteiger partial charge in [-0.2, -0.15) is 0 Å². The summed E-state index contributed by atoms with van der Waals surface area (Å²) >= 11 is 1.31. The Hall–Kier alpha value is -0.740. The van der Waals surface area contributed by atoms with Gasteiger partial charge in [-0.15, -0.1) is 11.8 Å².